The third kappa shape index (κ3) is 4.56. The van der Waals surface area contributed by atoms with Crippen molar-refractivity contribution in [1.82, 2.24) is 10.2 Å². The lowest BCUT2D eigenvalue weighted by Crippen LogP contribution is -2.32. The fourth-order valence-electron chi connectivity index (χ4n) is 3.11. The highest BCUT2D eigenvalue weighted by Crippen LogP contribution is 2.25. The van der Waals surface area contributed by atoms with Crippen LogP contribution in [0.2, 0.25) is 0 Å². The maximum Gasteiger partial charge on any atom is 0.284 e. The molecule has 28 heavy (non-hydrogen) atoms. The summed E-state index contributed by atoms with van der Waals surface area (Å²) in [4.78, 5) is 14.6. The van der Waals surface area contributed by atoms with Gasteiger partial charge in [-0.1, -0.05) is 18.7 Å². The molecule has 3 aromatic rings. The number of hydrogen-bond acceptors (Lipinski definition) is 7. The Bertz CT molecular complexity index is 900. The number of nitrogens with zero attached hydrogens (tertiary/aromatic N) is 3. The fourth-order valence-corrected chi connectivity index (χ4v) is 3.68. The molecule has 0 unspecified atom stereocenters. The van der Waals surface area contributed by atoms with Gasteiger partial charge in [-0.2, -0.15) is 0 Å². The first kappa shape index (κ1) is 18.6. The van der Waals surface area contributed by atoms with Crippen LogP contribution >= 0.6 is 11.8 Å². The highest BCUT2D eigenvalue weighted by molar-refractivity contribution is 7.99. The van der Waals surface area contributed by atoms with Gasteiger partial charge in [-0.05, 0) is 55.2 Å². The number of carbonyl (C=O) groups excluding carboxylic acids is 1. The van der Waals surface area contributed by atoms with Gasteiger partial charge < -0.3 is 19.1 Å². The zero-order valence-electron chi connectivity index (χ0n) is 15.6. The van der Waals surface area contributed by atoms with Crippen molar-refractivity contribution in [3.8, 4) is 11.7 Å². The zero-order chi connectivity index (χ0) is 19.3. The van der Waals surface area contributed by atoms with Crippen molar-refractivity contribution in [2.75, 3.05) is 29.1 Å². The van der Waals surface area contributed by atoms with E-state index >= 15 is 0 Å². The third-order valence-corrected chi connectivity index (χ3v) is 5.58. The normalized spacial score (nSPS) is 15.0. The minimum absolute atomic E-state index is 0.123. The van der Waals surface area contributed by atoms with Crippen LogP contribution in [0.4, 0.5) is 11.4 Å². The number of benzene rings is 1. The van der Waals surface area contributed by atoms with Crippen LogP contribution in [0.25, 0.3) is 11.7 Å². The van der Waals surface area contributed by atoms with E-state index in [1.807, 2.05) is 12.1 Å². The molecule has 7 nitrogen and oxygen atoms in total. The van der Waals surface area contributed by atoms with Crippen LogP contribution in [0.3, 0.4) is 0 Å². The summed E-state index contributed by atoms with van der Waals surface area (Å²) in [6.45, 7) is 4.49. The maximum absolute atomic E-state index is 12.2. The molecule has 1 aromatic carbocycles. The first-order chi connectivity index (χ1) is 13.7. The molecule has 0 atom stereocenters. The molecule has 1 aliphatic rings. The van der Waals surface area contributed by atoms with Gasteiger partial charge in [-0.15, -0.1) is 10.2 Å². The molecule has 0 bridgehead atoms. The van der Waals surface area contributed by atoms with Gasteiger partial charge in [0.1, 0.15) is 0 Å². The molecular formula is C20H22N4O3S. The Kier molecular flexibility index (Phi) is 5.66. The van der Waals surface area contributed by atoms with E-state index < -0.39 is 0 Å². The minimum Gasteiger partial charge on any atom is -0.459 e. The van der Waals surface area contributed by atoms with E-state index in [-0.39, 0.29) is 11.7 Å². The highest BCUT2D eigenvalue weighted by atomic mass is 32.2. The second kappa shape index (κ2) is 8.52. The van der Waals surface area contributed by atoms with E-state index in [1.54, 1.807) is 12.1 Å². The maximum atomic E-state index is 12.2. The van der Waals surface area contributed by atoms with Crippen LogP contribution < -0.4 is 10.2 Å². The van der Waals surface area contributed by atoms with Gasteiger partial charge in [-0.3, -0.25) is 4.79 Å². The van der Waals surface area contributed by atoms with Gasteiger partial charge in [0.05, 0.1) is 12.0 Å². The van der Waals surface area contributed by atoms with Crippen molar-refractivity contribution in [3.05, 3.63) is 42.7 Å². The number of anilines is 2. The molecule has 3 heterocycles. The Balaban J connectivity index is 1.27. The van der Waals surface area contributed by atoms with Gasteiger partial charge in [0.25, 0.3) is 11.1 Å². The first-order valence-corrected chi connectivity index (χ1v) is 10.3. The average molecular weight is 398 g/mol. The summed E-state index contributed by atoms with van der Waals surface area (Å²) >= 11 is 1.19. The van der Waals surface area contributed by atoms with Crippen LogP contribution in [0.1, 0.15) is 19.8 Å². The van der Waals surface area contributed by atoms with Crippen LogP contribution in [0, 0.1) is 5.92 Å². The van der Waals surface area contributed by atoms with E-state index in [0.717, 1.165) is 24.7 Å². The number of furan rings is 1. The molecule has 0 radical (unpaired) electrons. The zero-order valence-corrected chi connectivity index (χ0v) is 16.4. The van der Waals surface area contributed by atoms with Gasteiger partial charge in [0.15, 0.2) is 5.76 Å². The number of nitrogens with one attached hydrogen (secondary N) is 1. The summed E-state index contributed by atoms with van der Waals surface area (Å²) in [5, 5.41) is 11.1. The molecule has 1 saturated heterocycles. The summed E-state index contributed by atoms with van der Waals surface area (Å²) in [5.74, 6) is 1.68. The summed E-state index contributed by atoms with van der Waals surface area (Å²) in [7, 11) is 0. The molecule has 0 aliphatic carbocycles. The van der Waals surface area contributed by atoms with E-state index in [4.69, 9.17) is 8.83 Å². The Morgan fingerprint density at radius 1 is 1.21 bits per heavy atom. The first-order valence-electron chi connectivity index (χ1n) is 9.32. The molecule has 8 heteroatoms. The Morgan fingerprint density at radius 2 is 2.00 bits per heavy atom. The van der Waals surface area contributed by atoms with E-state index in [9.17, 15) is 4.79 Å². The van der Waals surface area contributed by atoms with Crippen molar-refractivity contribution in [3.63, 3.8) is 0 Å². The number of thioether (sulfide) groups is 1. The summed E-state index contributed by atoms with van der Waals surface area (Å²) in [5.41, 5.74) is 1.98. The van der Waals surface area contributed by atoms with E-state index in [2.05, 4.69) is 39.5 Å². The summed E-state index contributed by atoms with van der Waals surface area (Å²) in [6, 6.07) is 11.5. The number of rotatable bonds is 6. The Labute approximate surface area is 167 Å². The minimum atomic E-state index is -0.123. The molecule has 146 valence electrons. The van der Waals surface area contributed by atoms with Crippen molar-refractivity contribution in [1.29, 1.82) is 0 Å². The highest BCUT2D eigenvalue weighted by Gasteiger charge is 2.16. The van der Waals surface area contributed by atoms with Crippen LogP contribution in [0.5, 0.6) is 0 Å². The number of aromatic nitrogens is 2. The average Bonchev–Trinajstić information content (AvgIpc) is 3.39. The fraction of sp³-hybridized carbons (Fsp3) is 0.350. The summed E-state index contributed by atoms with van der Waals surface area (Å²) < 4.78 is 10.7. The molecular weight excluding hydrogens is 376 g/mol. The van der Waals surface area contributed by atoms with Crippen molar-refractivity contribution in [2.24, 2.45) is 5.92 Å². The monoisotopic (exact) mass is 398 g/mol. The smallest absolute Gasteiger partial charge is 0.284 e. The lowest BCUT2D eigenvalue weighted by Gasteiger charge is -2.32. The Hall–Kier alpha value is -2.74. The van der Waals surface area contributed by atoms with Crippen LogP contribution in [0.15, 0.2) is 56.7 Å². The third-order valence-electron chi connectivity index (χ3n) is 4.77. The lowest BCUT2D eigenvalue weighted by atomic mass is 9.99. The largest absolute Gasteiger partial charge is 0.459 e. The molecule has 2 aromatic heterocycles. The SMILES string of the molecule is CC1CCN(c2ccc(NC(=O)CSc3nnc(-c4ccco4)o3)cc2)CC1. The van der Waals surface area contributed by atoms with E-state index in [1.165, 1.54) is 36.6 Å². The number of hydrogen-bond donors (Lipinski definition) is 1. The van der Waals surface area contributed by atoms with Gasteiger partial charge in [0, 0.05) is 24.5 Å². The molecule has 0 spiro atoms. The number of carbonyl (C=O) groups is 1. The molecule has 1 amide bonds. The predicted molar refractivity (Wildman–Crippen MR) is 108 cm³/mol. The van der Waals surface area contributed by atoms with Crippen molar-refractivity contribution in [2.45, 2.75) is 25.0 Å². The van der Waals surface area contributed by atoms with E-state index in [0.29, 0.717) is 16.9 Å². The van der Waals surface area contributed by atoms with Crippen molar-refractivity contribution >= 4 is 29.0 Å². The summed E-state index contributed by atoms with van der Waals surface area (Å²) in [6.07, 6.45) is 4.00. The topological polar surface area (TPSA) is 84.4 Å². The Morgan fingerprint density at radius 3 is 2.71 bits per heavy atom. The molecule has 0 saturated carbocycles. The predicted octanol–water partition coefficient (Wildman–Crippen LogP) is 4.30. The second-order valence-electron chi connectivity index (χ2n) is 6.90. The molecule has 1 aliphatic heterocycles. The lowest BCUT2D eigenvalue weighted by molar-refractivity contribution is -0.113. The van der Waals surface area contributed by atoms with Gasteiger partial charge in [0.2, 0.25) is 5.91 Å². The number of piperidine rings is 1. The standard InChI is InChI=1S/C20H22N4O3S/c1-14-8-10-24(11-9-14)16-6-4-15(5-7-16)21-18(25)13-28-20-23-22-19(27-20)17-3-2-12-26-17/h2-7,12,14H,8-11,13H2,1H3,(H,21,25). The molecule has 1 fully saturated rings. The molecule has 4 rings (SSSR count). The van der Waals surface area contributed by atoms with Gasteiger partial charge in [-0.25, -0.2) is 0 Å². The van der Waals surface area contributed by atoms with Crippen LogP contribution in [-0.4, -0.2) is 34.9 Å². The quantitative estimate of drug-likeness (QED) is 0.620. The molecule has 1 N–H and O–H groups in total. The van der Waals surface area contributed by atoms with Crippen LogP contribution in [-0.2, 0) is 4.79 Å². The van der Waals surface area contributed by atoms with Crippen molar-refractivity contribution < 1.29 is 13.6 Å². The van der Waals surface area contributed by atoms with Gasteiger partial charge >= 0.3 is 0 Å². The second-order valence-corrected chi connectivity index (χ2v) is 7.83. The number of amides is 1.